The van der Waals surface area contributed by atoms with Crippen molar-refractivity contribution in [2.75, 3.05) is 24.3 Å². The van der Waals surface area contributed by atoms with Crippen molar-refractivity contribution in [1.29, 1.82) is 0 Å². The summed E-state index contributed by atoms with van der Waals surface area (Å²) in [5, 5.41) is 11.6. The second kappa shape index (κ2) is 10.7. The number of benzene rings is 2. The first-order valence-electron chi connectivity index (χ1n) is 9.42. The summed E-state index contributed by atoms with van der Waals surface area (Å²) in [4.78, 5) is 36.6. The third-order valence-electron chi connectivity index (χ3n) is 4.33. The molecular formula is C22H19ClFN3O4S. The van der Waals surface area contributed by atoms with Crippen LogP contribution >= 0.6 is 22.9 Å². The molecule has 0 fully saturated rings. The molecule has 7 nitrogen and oxygen atoms in total. The van der Waals surface area contributed by atoms with E-state index >= 15 is 0 Å². The maximum absolute atomic E-state index is 14.0. The summed E-state index contributed by atoms with van der Waals surface area (Å²) in [7, 11) is 1.42. The zero-order valence-electron chi connectivity index (χ0n) is 16.9. The predicted molar refractivity (Wildman–Crippen MR) is 122 cm³/mol. The van der Waals surface area contributed by atoms with Crippen molar-refractivity contribution < 1.29 is 23.5 Å². The number of nitrogens with one attached hydrogen (secondary N) is 3. The number of hydrogen-bond acceptors (Lipinski definition) is 5. The zero-order chi connectivity index (χ0) is 23.1. The minimum Gasteiger partial charge on any atom is -0.495 e. The first-order chi connectivity index (χ1) is 15.4. The van der Waals surface area contributed by atoms with Gasteiger partial charge >= 0.3 is 0 Å². The van der Waals surface area contributed by atoms with Gasteiger partial charge in [0.1, 0.15) is 11.6 Å². The molecule has 0 bridgehead atoms. The molecule has 1 heterocycles. The van der Waals surface area contributed by atoms with Crippen molar-refractivity contribution >= 4 is 52.0 Å². The van der Waals surface area contributed by atoms with Gasteiger partial charge in [-0.3, -0.25) is 14.4 Å². The van der Waals surface area contributed by atoms with Gasteiger partial charge in [-0.25, -0.2) is 4.39 Å². The number of halogens is 2. The minimum atomic E-state index is -0.761. The van der Waals surface area contributed by atoms with Gasteiger partial charge in [-0.2, -0.15) is 11.3 Å². The summed E-state index contributed by atoms with van der Waals surface area (Å²) >= 11 is 7.13. The van der Waals surface area contributed by atoms with Crippen molar-refractivity contribution in [3.63, 3.8) is 0 Å². The number of amides is 3. The predicted octanol–water partition coefficient (Wildman–Crippen LogP) is 4.56. The Bertz CT molecular complexity index is 1140. The van der Waals surface area contributed by atoms with Crippen molar-refractivity contribution in [2.45, 2.75) is 6.42 Å². The SMILES string of the molecule is COc1ccc(NC(=O)CCNC(=O)c2ccsc2)cc1NC(=O)c1ccc(Cl)cc1F. The summed E-state index contributed by atoms with van der Waals surface area (Å²) < 4.78 is 19.3. The number of anilines is 2. The molecule has 3 aromatic rings. The highest BCUT2D eigenvalue weighted by atomic mass is 35.5. The third kappa shape index (κ3) is 6.05. The van der Waals surface area contributed by atoms with Crippen LogP contribution in [0.3, 0.4) is 0 Å². The molecule has 3 rings (SSSR count). The summed E-state index contributed by atoms with van der Waals surface area (Å²) in [5.74, 6) is -1.71. The van der Waals surface area contributed by atoms with Crippen molar-refractivity contribution in [3.05, 3.63) is 75.2 Å². The number of rotatable bonds is 8. The quantitative estimate of drug-likeness (QED) is 0.445. The van der Waals surface area contributed by atoms with E-state index in [0.29, 0.717) is 17.0 Å². The van der Waals surface area contributed by atoms with Crippen molar-refractivity contribution in [2.24, 2.45) is 0 Å². The van der Waals surface area contributed by atoms with Crippen LogP contribution in [0.4, 0.5) is 15.8 Å². The van der Waals surface area contributed by atoms with Crippen LogP contribution in [-0.2, 0) is 4.79 Å². The maximum Gasteiger partial charge on any atom is 0.258 e. The molecule has 0 aliphatic rings. The second-order valence-electron chi connectivity index (χ2n) is 6.56. The van der Waals surface area contributed by atoms with E-state index in [4.69, 9.17) is 16.3 Å². The van der Waals surface area contributed by atoms with Crippen LogP contribution in [0, 0.1) is 5.82 Å². The first kappa shape index (κ1) is 23.2. The molecule has 0 aliphatic heterocycles. The zero-order valence-corrected chi connectivity index (χ0v) is 18.5. The van der Waals surface area contributed by atoms with E-state index in [1.165, 1.54) is 36.6 Å². The van der Waals surface area contributed by atoms with E-state index < -0.39 is 11.7 Å². The van der Waals surface area contributed by atoms with E-state index in [2.05, 4.69) is 16.0 Å². The van der Waals surface area contributed by atoms with Crippen molar-refractivity contribution in [3.8, 4) is 5.75 Å². The summed E-state index contributed by atoms with van der Waals surface area (Å²) in [6.45, 7) is 0.163. The number of carbonyl (C=O) groups excluding carboxylic acids is 3. The Morgan fingerprint density at radius 3 is 2.56 bits per heavy atom. The second-order valence-corrected chi connectivity index (χ2v) is 7.78. The molecule has 3 N–H and O–H groups in total. The largest absolute Gasteiger partial charge is 0.495 e. The van der Waals surface area contributed by atoms with Crippen LogP contribution in [-0.4, -0.2) is 31.4 Å². The van der Waals surface area contributed by atoms with Gasteiger partial charge in [0.2, 0.25) is 5.91 Å². The lowest BCUT2D eigenvalue weighted by molar-refractivity contribution is -0.116. The molecule has 0 unspecified atom stereocenters. The van der Waals surface area contributed by atoms with E-state index in [-0.39, 0.29) is 41.1 Å². The van der Waals surface area contributed by atoms with Crippen LogP contribution in [0.15, 0.2) is 53.2 Å². The normalized spacial score (nSPS) is 10.3. The average molecular weight is 476 g/mol. The Labute approximate surface area is 192 Å². The van der Waals surface area contributed by atoms with Crippen LogP contribution < -0.4 is 20.7 Å². The van der Waals surface area contributed by atoms with Gasteiger partial charge in [0.25, 0.3) is 11.8 Å². The first-order valence-corrected chi connectivity index (χ1v) is 10.7. The molecule has 10 heteroatoms. The van der Waals surface area contributed by atoms with Crippen LogP contribution in [0.1, 0.15) is 27.1 Å². The smallest absolute Gasteiger partial charge is 0.258 e. The van der Waals surface area contributed by atoms with Crippen LogP contribution in [0.2, 0.25) is 5.02 Å². The van der Waals surface area contributed by atoms with Crippen LogP contribution in [0.5, 0.6) is 5.75 Å². The van der Waals surface area contributed by atoms with Gasteiger partial charge in [-0.1, -0.05) is 11.6 Å². The summed E-state index contributed by atoms with van der Waals surface area (Å²) in [6.07, 6.45) is 0.0551. The Balaban J connectivity index is 1.61. The standard InChI is InChI=1S/C22H19ClFN3O4S/c1-31-19-5-3-15(26-20(28)6-8-25-21(29)13-7-9-32-12-13)11-18(19)27-22(30)16-4-2-14(23)10-17(16)24/h2-5,7,9-12H,6,8H2,1H3,(H,25,29)(H,26,28)(H,27,30). The Morgan fingerprint density at radius 2 is 1.88 bits per heavy atom. The van der Waals surface area contributed by atoms with Gasteiger partial charge in [-0.15, -0.1) is 0 Å². The highest BCUT2D eigenvalue weighted by molar-refractivity contribution is 7.08. The molecule has 0 aliphatic carbocycles. The van der Waals surface area contributed by atoms with Crippen LogP contribution in [0.25, 0.3) is 0 Å². The van der Waals surface area contributed by atoms with E-state index in [9.17, 15) is 18.8 Å². The number of hydrogen-bond donors (Lipinski definition) is 3. The topological polar surface area (TPSA) is 96.5 Å². The van der Waals surface area contributed by atoms with Gasteiger partial charge in [0, 0.05) is 34.6 Å². The van der Waals surface area contributed by atoms with Gasteiger partial charge in [0.05, 0.1) is 18.4 Å². The molecule has 32 heavy (non-hydrogen) atoms. The number of ether oxygens (including phenoxy) is 1. The fraction of sp³-hybridized carbons (Fsp3) is 0.136. The highest BCUT2D eigenvalue weighted by Gasteiger charge is 2.15. The lowest BCUT2D eigenvalue weighted by Crippen LogP contribution is -2.27. The van der Waals surface area contributed by atoms with Gasteiger partial charge < -0.3 is 20.7 Å². The molecule has 0 saturated carbocycles. The summed E-state index contributed by atoms with van der Waals surface area (Å²) in [6, 6.07) is 10.1. The molecule has 0 saturated heterocycles. The van der Waals surface area contributed by atoms with E-state index in [1.54, 1.807) is 29.0 Å². The average Bonchev–Trinajstić information content (AvgIpc) is 3.29. The fourth-order valence-electron chi connectivity index (χ4n) is 2.76. The lowest BCUT2D eigenvalue weighted by atomic mass is 10.2. The van der Waals surface area contributed by atoms with Gasteiger partial charge in [0.15, 0.2) is 0 Å². The lowest BCUT2D eigenvalue weighted by Gasteiger charge is -2.13. The molecule has 2 aromatic carbocycles. The number of methoxy groups -OCH3 is 1. The third-order valence-corrected chi connectivity index (χ3v) is 5.25. The molecule has 1 aromatic heterocycles. The Kier molecular flexibility index (Phi) is 7.80. The Morgan fingerprint density at radius 1 is 1.06 bits per heavy atom. The molecular weight excluding hydrogens is 457 g/mol. The van der Waals surface area contributed by atoms with Crippen molar-refractivity contribution in [1.82, 2.24) is 5.32 Å². The molecule has 166 valence electrons. The van der Waals surface area contributed by atoms with Gasteiger partial charge in [-0.05, 0) is 47.8 Å². The number of carbonyl (C=O) groups is 3. The molecule has 0 atom stereocenters. The maximum atomic E-state index is 14.0. The molecule has 3 amide bonds. The fourth-order valence-corrected chi connectivity index (χ4v) is 3.55. The monoisotopic (exact) mass is 475 g/mol. The number of thiophene rings is 1. The minimum absolute atomic E-state index is 0.0551. The van der Waals surface area contributed by atoms with E-state index in [0.717, 1.165) is 6.07 Å². The Hall–Kier alpha value is -3.43. The summed E-state index contributed by atoms with van der Waals surface area (Å²) in [5.41, 5.74) is 0.998. The van der Waals surface area contributed by atoms with E-state index in [1.807, 2.05) is 0 Å². The highest BCUT2D eigenvalue weighted by Crippen LogP contribution is 2.29. The molecule has 0 radical (unpaired) electrons. The molecule has 0 spiro atoms.